The van der Waals surface area contributed by atoms with Gasteiger partial charge in [0.05, 0.1) is 0 Å². The molecular formula is C15H20ClN3O2. The molecule has 5 nitrogen and oxygen atoms in total. The van der Waals surface area contributed by atoms with E-state index in [1.54, 1.807) is 31.2 Å². The second kappa shape index (κ2) is 6.03. The molecule has 0 aliphatic heterocycles. The molecule has 3 atom stereocenters. The SMILES string of the molecule is CC(NC(=O)C1CCC(N)C1)(C(N)=O)c1cccc(Cl)c1. The average molecular weight is 310 g/mol. The first-order valence-corrected chi connectivity index (χ1v) is 7.34. The summed E-state index contributed by atoms with van der Waals surface area (Å²) in [6.07, 6.45) is 2.19. The van der Waals surface area contributed by atoms with Crippen LogP contribution >= 0.6 is 11.6 Å². The van der Waals surface area contributed by atoms with Crippen molar-refractivity contribution in [3.8, 4) is 0 Å². The quantitative estimate of drug-likeness (QED) is 0.781. The van der Waals surface area contributed by atoms with Crippen LogP contribution in [0.5, 0.6) is 0 Å². The Morgan fingerprint density at radius 2 is 2.10 bits per heavy atom. The first-order chi connectivity index (χ1) is 9.83. The summed E-state index contributed by atoms with van der Waals surface area (Å²) in [7, 11) is 0. The Balaban J connectivity index is 2.22. The summed E-state index contributed by atoms with van der Waals surface area (Å²) < 4.78 is 0. The van der Waals surface area contributed by atoms with Crippen LogP contribution < -0.4 is 16.8 Å². The van der Waals surface area contributed by atoms with Gasteiger partial charge >= 0.3 is 0 Å². The third kappa shape index (κ3) is 3.36. The first kappa shape index (κ1) is 15.8. The monoisotopic (exact) mass is 309 g/mol. The highest BCUT2D eigenvalue weighted by atomic mass is 35.5. The Hall–Kier alpha value is -1.59. The second-order valence-corrected chi connectivity index (χ2v) is 6.20. The molecule has 0 radical (unpaired) electrons. The van der Waals surface area contributed by atoms with Crippen molar-refractivity contribution in [2.24, 2.45) is 17.4 Å². The number of carbonyl (C=O) groups is 2. The summed E-state index contributed by atoms with van der Waals surface area (Å²) in [5.74, 6) is -0.984. The smallest absolute Gasteiger partial charge is 0.247 e. The van der Waals surface area contributed by atoms with Crippen LogP contribution in [-0.2, 0) is 15.1 Å². The molecule has 6 heteroatoms. The molecule has 21 heavy (non-hydrogen) atoms. The van der Waals surface area contributed by atoms with Crippen molar-refractivity contribution in [3.05, 3.63) is 34.9 Å². The Morgan fingerprint density at radius 1 is 1.38 bits per heavy atom. The van der Waals surface area contributed by atoms with Crippen molar-refractivity contribution < 1.29 is 9.59 Å². The molecule has 2 amide bonds. The van der Waals surface area contributed by atoms with Gasteiger partial charge in [-0.2, -0.15) is 0 Å². The van der Waals surface area contributed by atoms with Gasteiger partial charge in [-0.1, -0.05) is 23.7 Å². The minimum absolute atomic E-state index is 0.0479. The van der Waals surface area contributed by atoms with Crippen LogP contribution in [0.2, 0.25) is 5.02 Å². The normalized spacial score (nSPS) is 24.3. The van der Waals surface area contributed by atoms with Crippen molar-refractivity contribution >= 4 is 23.4 Å². The second-order valence-electron chi connectivity index (χ2n) is 5.76. The summed E-state index contributed by atoms with van der Waals surface area (Å²) in [4.78, 5) is 24.2. The van der Waals surface area contributed by atoms with Gasteiger partial charge in [0.1, 0.15) is 5.54 Å². The van der Waals surface area contributed by atoms with Gasteiger partial charge in [-0.25, -0.2) is 0 Å². The van der Waals surface area contributed by atoms with Crippen LogP contribution in [0.25, 0.3) is 0 Å². The van der Waals surface area contributed by atoms with Gasteiger partial charge in [-0.05, 0) is 43.9 Å². The third-order valence-corrected chi connectivity index (χ3v) is 4.35. The lowest BCUT2D eigenvalue weighted by Crippen LogP contribution is -2.54. The molecule has 1 fully saturated rings. The number of rotatable bonds is 4. The molecule has 1 aromatic carbocycles. The zero-order chi connectivity index (χ0) is 15.6. The fraction of sp³-hybridized carbons (Fsp3) is 0.467. The number of amides is 2. The predicted molar refractivity (Wildman–Crippen MR) is 81.5 cm³/mol. The molecule has 0 saturated heterocycles. The van der Waals surface area contributed by atoms with Gasteiger partial charge < -0.3 is 16.8 Å². The van der Waals surface area contributed by atoms with Crippen molar-refractivity contribution in [2.75, 3.05) is 0 Å². The van der Waals surface area contributed by atoms with E-state index in [1.807, 2.05) is 0 Å². The number of primary amides is 1. The van der Waals surface area contributed by atoms with E-state index in [0.29, 0.717) is 17.0 Å². The van der Waals surface area contributed by atoms with Gasteiger partial charge in [0, 0.05) is 17.0 Å². The van der Waals surface area contributed by atoms with E-state index in [-0.39, 0.29) is 17.9 Å². The molecule has 1 aliphatic carbocycles. The Kier molecular flexibility index (Phi) is 4.54. The van der Waals surface area contributed by atoms with E-state index in [2.05, 4.69) is 5.32 Å². The third-order valence-electron chi connectivity index (χ3n) is 4.11. The standard InChI is InChI=1S/C15H20ClN3O2/c1-15(14(18)21,10-3-2-4-11(16)8-10)19-13(20)9-5-6-12(17)7-9/h2-4,8-9,12H,5-7,17H2,1H3,(H2,18,21)(H,19,20). The lowest BCUT2D eigenvalue weighted by Gasteiger charge is -2.29. The van der Waals surface area contributed by atoms with Crippen molar-refractivity contribution in [1.29, 1.82) is 0 Å². The number of benzene rings is 1. The Bertz CT molecular complexity index is 564. The summed E-state index contributed by atoms with van der Waals surface area (Å²) in [5, 5.41) is 3.25. The van der Waals surface area contributed by atoms with E-state index in [1.165, 1.54) is 0 Å². The predicted octanol–water partition coefficient (Wildman–Crippen LogP) is 1.28. The molecule has 2 rings (SSSR count). The number of nitrogens with two attached hydrogens (primary N) is 2. The number of hydrogen-bond donors (Lipinski definition) is 3. The van der Waals surface area contributed by atoms with Crippen molar-refractivity contribution in [3.63, 3.8) is 0 Å². The highest BCUT2D eigenvalue weighted by Gasteiger charge is 2.38. The number of halogens is 1. The first-order valence-electron chi connectivity index (χ1n) is 6.96. The minimum atomic E-state index is -1.28. The highest BCUT2D eigenvalue weighted by molar-refractivity contribution is 6.30. The van der Waals surface area contributed by atoms with Crippen molar-refractivity contribution in [1.82, 2.24) is 5.32 Å². The molecule has 5 N–H and O–H groups in total. The van der Waals surface area contributed by atoms with Crippen LogP contribution in [0.4, 0.5) is 0 Å². The maximum absolute atomic E-state index is 12.4. The lowest BCUT2D eigenvalue weighted by molar-refractivity contribution is -0.133. The van der Waals surface area contributed by atoms with E-state index in [4.69, 9.17) is 23.1 Å². The van der Waals surface area contributed by atoms with Crippen LogP contribution in [-0.4, -0.2) is 17.9 Å². The van der Waals surface area contributed by atoms with Crippen LogP contribution in [0.3, 0.4) is 0 Å². The lowest BCUT2D eigenvalue weighted by atomic mass is 9.90. The summed E-state index contributed by atoms with van der Waals surface area (Å²) >= 11 is 5.96. The van der Waals surface area contributed by atoms with Crippen molar-refractivity contribution in [2.45, 2.75) is 37.8 Å². The number of nitrogens with one attached hydrogen (secondary N) is 1. The topological polar surface area (TPSA) is 98.2 Å². The molecule has 3 unspecified atom stereocenters. The molecule has 1 aliphatic rings. The number of carbonyl (C=O) groups excluding carboxylic acids is 2. The summed E-state index contributed by atoms with van der Waals surface area (Å²) in [5.41, 5.74) is 10.6. The summed E-state index contributed by atoms with van der Waals surface area (Å²) in [6, 6.07) is 6.82. The molecule has 1 saturated carbocycles. The van der Waals surface area contributed by atoms with E-state index < -0.39 is 11.4 Å². The van der Waals surface area contributed by atoms with E-state index in [9.17, 15) is 9.59 Å². The maximum atomic E-state index is 12.4. The van der Waals surface area contributed by atoms with Crippen LogP contribution in [0.1, 0.15) is 31.7 Å². The summed E-state index contributed by atoms with van der Waals surface area (Å²) in [6.45, 7) is 1.59. The van der Waals surface area contributed by atoms with E-state index >= 15 is 0 Å². The molecule has 0 bridgehead atoms. The van der Waals surface area contributed by atoms with Gasteiger partial charge in [0.15, 0.2) is 0 Å². The fourth-order valence-corrected chi connectivity index (χ4v) is 2.87. The molecular weight excluding hydrogens is 290 g/mol. The molecule has 114 valence electrons. The van der Waals surface area contributed by atoms with Gasteiger partial charge in [-0.3, -0.25) is 9.59 Å². The van der Waals surface area contributed by atoms with Crippen LogP contribution in [0, 0.1) is 5.92 Å². The number of hydrogen-bond acceptors (Lipinski definition) is 3. The Morgan fingerprint density at radius 3 is 2.62 bits per heavy atom. The van der Waals surface area contributed by atoms with E-state index in [0.717, 1.165) is 12.8 Å². The fourth-order valence-electron chi connectivity index (χ4n) is 2.68. The molecule has 0 aromatic heterocycles. The van der Waals surface area contributed by atoms with Gasteiger partial charge in [0.25, 0.3) is 0 Å². The van der Waals surface area contributed by atoms with Gasteiger partial charge in [0.2, 0.25) is 11.8 Å². The zero-order valence-electron chi connectivity index (χ0n) is 11.9. The minimum Gasteiger partial charge on any atom is -0.367 e. The molecule has 1 aromatic rings. The van der Waals surface area contributed by atoms with Crippen LogP contribution in [0.15, 0.2) is 24.3 Å². The largest absolute Gasteiger partial charge is 0.367 e. The average Bonchev–Trinajstić information content (AvgIpc) is 2.85. The Labute approximate surface area is 129 Å². The zero-order valence-corrected chi connectivity index (χ0v) is 12.7. The van der Waals surface area contributed by atoms with Gasteiger partial charge in [-0.15, -0.1) is 0 Å². The highest BCUT2D eigenvalue weighted by Crippen LogP contribution is 2.28. The maximum Gasteiger partial charge on any atom is 0.247 e. The molecule has 0 heterocycles. The molecule has 0 spiro atoms.